The minimum absolute atomic E-state index is 0.0188. The summed E-state index contributed by atoms with van der Waals surface area (Å²) in [6, 6.07) is 4.60. The van der Waals surface area contributed by atoms with E-state index in [0.29, 0.717) is 4.47 Å². The standard InChI is InChI=1S/C12H13BrClNO3/c1-6(2)10(14)11(16)15-9-4-3-7(13)5-8(9)12(17)18/h3-6,10H,1-2H3,(H,15,16)(H,17,18)/t10-/m0/s1. The van der Waals surface area contributed by atoms with Gasteiger partial charge in [-0.3, -0.25) is 4.79 Å². The third-order valence-electron chi connectivity index (χ3n) is 2.31. The molecule has 0 aromatic heterocycles. The van der Waals surface area contributed by atoms with Crippen LogP contribution in [-0.2, 0) is 4.79 Å². The maximum atomic E-state index is 11.8. The van der Waals surface area contributed by atoms with Crippen LogP contribution in [0.25, 0.3) is 0 Å². The van der Waals surface area contributed by atoms with Crippen LogP contribution in [0.5, 0.6) is 0 Å². The van der Waals surface area contributed by atoms with Crippen molar-refractivity contribution in [2.75, 3.05) is 5.32 Å². The average molecular weight is 335 g/mol. The number of anilines is 1. The Morgan fingerprint density at radius 2 is 2.00 bits per heavy atom. The second-order valence-electron chi connectivity index (χ2n) is 4.13. The topological polar surface area (TPSA) is 66.4 Å². The molecule has 1 aromatic rings. The molecule has 0 spiro atoms. The van der Waals surface area contributed by atoms with Gasteiger partial charge in [0, 0.05) is 4.47 Å². The van der Waals surface area contributed by atoms with E-state index < -0.39 is 17.3 Å². The van der Waals surface area contributed by atoms with Crippen LogP contribution in [0.3, 0.4) is 0 Å². The molecule has 0 saturated heterocycles. The van der Waals surface area contributed by atoms with Gasteiger partial charge in [0.25, 0.3) is 0 Å². The summed E-state index contributed by atoms with van der Waals surface area (Å²) in [6.45, 7) is 3.63. The first-order chi connectivity index (χ1) is 8.32. The number of carbonyl (C=O) groups is 2. The molecule has 0 aliphatic carbocycles. The smallest absolute Gasteiger partial charge is 0.337 e. The van der Waals surface area contributed by atoms with Crippen molar-refractivity contribution in [1.82, 2.24) is 0 Å². The van der Waals surface area contributed by atoms with Crippen LogP contribution in [-0.4, -0.2) is 22.4 Å². The number of nitrogens with one attached hydrogen (secondary N) is 1. The SMILES string of the molecule is CC(C)[C@H](Cl)C(=O)Nc1ccc(Br)cc1C(=O)O. The average Bonchev–Trinajstić information content (AvgIpc) is 2.29. The first kappa shape index (κ1) is 15.0. The van der Waals surface area contributed by atoms with E-state index in [0.717, 1.165) is 0 Å². The fourth-order valence-corrected chi connectivity index (χ4v) is 1.72. The Labute approximate surface area is 118 Å². The molecular weight excluding hydrogens is 321 g/mol. The monoisotopic (exact) mass is 333 g/mol. The Hall–Kier alpha value is -1.07. The lowest BCUT2D eigenvalue weighted by Gasteiger charge is -2.14. The maximum absolute atomic E-state index is 11.8. The molecule has 6 heteroatoms. The fraction of sp³-hybridized carbons (Fsp3) is 0.333. The molecule has 98 valence electrons. The normalized spacial score (nSPS) is 12.3. The lowest BCUT2D eigenvalue weighted by Crippen LogP contribution is -2.28. The summed E-state index contributed by atoms with van der Waals surface area (Å²) >= 11 is 9.09. The summed E-state index contributed by atoms with van der Waals surface area (Å²) in [5.74, 6) is -1.55. The Morgan fingerprint density at radius 3 is 2.50 bits per heavy atom. The van der Waals surface area contributed by atoms with Crippen molar-refractivity contribution < 1.29 is 14.7 Å². The predicted molar refractivity (Wildman–Crippen MR) is 74.2 cm³/mol. The van der Waals surface area contributed by atoms with E-state index >= 15 is 0 Å². The molecule has 1 amide bonds. The third kappa shape index (κ3) is 3.71. The molecule has 0 aliphatic rings. The number of carbonyl (C=O) groups excluding carboxylic acids is 1. The van der Waals surface area contributed by atoms with Crippen molar-refractivity contribution >= 4 is 45.1 Å². The van der Waals surface area contributed by atoms with Crippen LogP contribution in [0.15, 0.2) is 22.7 Å². The third-order valence-corrected chi connectivity index (χ3v) is 3.50. The lowest BCUT2D eigenvalue weighted by atomic mass is 10.1. The van der Waals surface area contributed by atoms with E-state index in [-0.39, 0.29) is 17.2 Å². The molecule has 0 fully saturated rings. The zero-order chi connectivity index (χ0) is 13.9. The number of benzene rings is 1. The number of hydrogen-bond donors (Lipinski definition) is 2. The molecule has 0 heterocycles. The van der Waals surface area contributed by atoms with Crippen LogP contribution < -0.4 is 5.32 Å². The molecule has 4 nitrogen and oxygen atoms in total. The molecule has 0 aliphatic heterocycles. The van der Waals surface area contributed by atoms with Gasteiger partial charge in [0.2, 0.25) is 5.91 Å². The predicted octanol–water partition coefficient (Wildman–Crippen LogP) is 3.35. The van der Waals surface area contributed by atoms with Crippen LogP contribution in [0.1, 0.15) is 24.2 Å². The first-order valence-electron chi connectivity index (χ1n) is 5.30. The minimum Gasteiger partial charge on any atom is -0.478 e. The number of hydrogen-bond acceptors (Lipinski definition) is 2. The van der Waals surface area contributed by atoms with E-state index in [1.807, 2.05) is 13.8 Å². The van der Waals surface area contributed by atoms with E-state index in [1.54, 1.807) is 6.07 Å². The van der Waals surface area contributed by atoms with E-state index in [9.17, 15) is 9.59 Å². The van der Waals surface area contributed by atoms with Crippen LogP contribution >= 0.6 is 27.5 Å². The zero-order valence-corrected chi connectivity index (χ0v) is 12.2. The van der Waals surface area contributed by atoms with E-state index in [2.05, 4.69) is 21.2 Å². The molecule has 1 atom stereocenters. The lowest BCUT2D eigenvalue weighted by molar-refractivity contribution is -0.116. The van der Waals surface area contributed by atoms with Gasteiger partial charge in [0.15, 0.2) is 0 Å². The van der Waals surface area contributed by atoms with Crippen LogP contribution in [0, 0.1) is 5.92 Å². The Morgan fingerprint density at radius 1 is 1.39 bits per heavy atom. The number of carboxylic acids is 1. The van der Waals surface area contributed by atoms with E-state index in [1.165, 1.54) is 12.1 Å². The van der Waals surface area contributed by atoms with Gasteiger partial charge in [0.05, 0.1) is 11.3 Å². The molecule has 18 heavy (non-hydrogen) atoms. The van der Waals surface area contributed by atoms with Crippen molar-refractivity contribution in [3.63, 3.8) is 0 Å². The number of rotatable bonds is 4. The Balaban J connectivity index is 2.98. The zero-order valence-electron chi connectivity index (χ0n) is 9.91. The molecule has 0 saturated carbocycles. The summed E-state index contributed by atoms with van der Waals surface area (Å²) in [4.78, 5) is 22.8. The second kappa shape index (κ2) is 6.20. The van der Waals surface area contributed by atoms with Crippen molar-refractivity contribution in [3.05, 3.63) is 28.2 Å². The Kier molecular flexibility index (Phi) is 5.16. The highest BCUT2D eigenvalue weighted by atomic mass is 79.9. The van der Waals surface area contributed by atoms with Crippen LogP contribution in [0.2, 0.25) is 0 Å². The van der Waals surface area contributed by atoms with Gasteiger partial charge in [0.1, 0.15) is 5.38 Å². The molecule has 0 unspecified atom stereocenters. The highest BCUT2D eigenvalue weighted by Crippen LogP contribution is 2.22. The van der Waals surface area contributed by atoms with Crippen molar-refractivity contribution in [3.8, 4) is 0 Å². The number of alkyl halides is 1. The number of halogens is 2. The highest BCUT2D eigenvalue weighted by molar-refractivity contribution is 9.10. The summed E-state index contributed by atoms with van der Waals surface area (Å²) in [5.41, 5.74) is 0.257. The van der Waals surface area contributed by atoms with Gasteiger partial charge in [-0.05, 0) is 24.1 Å². The van der Waals surface area contributed by atoms with Gasteiger partial charge < -0.3 is 10.4 Å². The minimum atomic E-state index is -1.11. The largest absolute Gasteiger partial charge is 0.478 e. The molecule has 1 aromatic carbocycles. The maximum Gasteiger partial charge on any atom is 0.337 e. The van der Waals surface area contributed by atoms with E-state index in [4.69, 9.17) is 16.7 Å². The number of amides is 1. The van der Waals surface area contributed by atoms with Crippen LogP contribution in [0.4, 0.5) is 5.69 Å². The van der Waals surface area contributed by atoms with Gasteiger partial charge >= 0.3 is 5.97 Å². The number of aromatic carboxylic acids is 1. The highest BCUT2D eigenvalue weighted by Gasteiger charge is 2.21. The van der Waals surface area contributed by atoms with Gasteiger partial charge in [-0.25, -0.2) is 4.79 Å². The van der Waals surface area contributed by atoms with Gasteiger partial charge in [-0.1, -0.05) is 29.8 Å². The summed E-state index contributed by atoms with van der Waals surface area (Å²) in [5, 5.41) is 10.9. The molecular formula is C12H13BrClNO3. The van der Waals surface area contributed by atoms with Crippen molar-refractivity contribution in [1.29, 1.82) is 0 Å². The summed E-state index contributed by atoms with van der Waals surface area (Å²) in [6.07, 6.45) is 0. The molecule has 1 rings (SSSR count). The fourth-order valence-electron chi connectivity index (χ4n) is 1.31. The van der Waals surface area contributed by atoms with Crippen molar-refractivity contribution in [2.45, 2.75) is 19.2 Å². The molecule has 0 radical (unpaired) electrons. The first-order valence-corrected chi connectivity index (χ1v) is 6.53. The van der Waals surface area contributed by atoms with Gasteiger partial charge in [-0.2, -0.15) is 0 Å². The molecule has 0 bridgehead atoms. The van der Waals surface area contributed by atoms with Crippen molar-refractivity contribution in [2.24, 2.45) is 5.92 Å². The molecule has 2 N–H and O–H groups in total. The summed E-state index contributed by atoms with van der Waals surface area (Å²) < 4.78 is 0.629. The number of carboxylic acid groups (broad SMARTS) is 1. The Bertz CT molecular complexity index is 476. The summed E-state index contributed by atoms with van der Waals surface area (Å²) in [7, 11) is 0. The van der Waals surface area contributed by atoms with Gasteiger partial charge in [-0.15, -0.1) is 11.6 Å². The second-order valence-corrected chi connectivity index (χ2v) is 5.52. The quantitative estimate of drug-likeness (QED) is 0.830.